The number of aromatic nitrogens is 3. The molecule has 8 heteroatoms. The summed E-state index contributed by atoms with van der Waals surface area (Å²) in [5, 5.41) is 23.7. The quantitative estimate of drug-likeness (QED) is 0.509. The van der Waals surface area contributed by atoms with Crippen LogP contribution in [-0.4, -0.2) is 57.9 Å². The van der Waals surface area contributed by atoms with Crippen LogP contribution in [0.4, 0.5) is 5.69 Å². The van der Waals surface area contributed by atoms with E-state index in [-0.39, 0.29) is 5.75 Å². The summed E-state index contributed by atoms with van der Waals surface area (Å²) in [4.78, 5) is 9.10. The van der Waals surface area contributed by atoms with Crippen molar-refractivity contribution in [3.8, 4) is 28.8 Å². The van der Waals surface area contributed by atoms with Gasteiger partial charge in [-0.3, -0.25) is 4.90 Å². The number of piperazine rings is 1. The van der Waals surface area contributed by atoms with E-state index in [9.17, 15) is 10.4 Å². The molecule has 4 aromatic rings. The normalized spacial score (nSPS) is 14.4. The summed E-state index contributed by atoms with van der Waals surface area (Å²) in [7, 11) is 1.62. The molecule has 0 radical (unpaired) electrons. The van der Waals surface area contributed by atoms with E-state index in [0.29, 0.717) is 17.0 Å². The number of benzene rings is 1. The van der Waals surface area contributed by atoms with E-state index in [0.717, 1.165) is 49.5 Å². The van der Waals surface area contributed by atoms with E-state index >= 15 is 0 Å². The van der Waals surface area contributed by atoms with Crippen LogP contribution in [0.5, 0.6) is 11.6 Å². The van der Waals surface area contributed by atoms with Crippen LogP contribution in [0.2, 0.25) is 0 Å². The molecule has 33 heavy (non-hydrogen) atoms. The average molecular weight is 441 g/mol. The van der Waals surface area contributed by atoms with Gasteiger partial charge in [-0.2, -0.15) is 10.4 Å². The highest BCUT2D eigenvalue weighted by Gasteiger charge is 2.18. The predicted octanol–water partition coefficient (Wildman–Crippen LogP) is 3.30. The van der Waals surface area contributed by atoms with Crippen LogP contribution in [0.3, 0.4) is 0 Å². The number of fused-ring (bicyclic) bond motifs is 1. The van der Waals surface area contributed by atoms with Gasteiger partial charge in [-0.1, -0.05) is 18.2 Å². The molecule has 1 N–H and O–H groups in total. The Morgan fingerprint density at radius 1 is 1.06 bits per heavy atom. The van der Waals surface area contributed by atoms with Gasteiger partial charge in [0.15, 0.2) is 0 Å². The lowest BCUT2D eigenvalue weighted by atomic mass is 10.0. The summed E-state index contributed by atoms with van der Waals surface area (Å²) < 4.78 is 6.68. The van der Waals surface area contributed by atoms with E-state index in [1.807, 2.05) is 24.4 Å². The molecule has 0 saturated carbocycles. The van der Waals surface area contributed by atoms with Gasteiger partial charge in [0.1, 0.15) is 11.8 Å². The van der Waals surface area contributed by atoms with E-state index < -0.39 is 0 Å². The third-order valence-electron chi connectivity index (χ3n) is 6.05. The van der Waals surface area contributed by atoms with Gasteiger partial charge in [0.2, 0.25) is 5.88 Å². The van der Waals surface area contributed by atoms with Crippen molar-refractivity contribution in [2.45, 2.75) is 6.54 Å². The lowest BCUT2D eigenvalue weighted by Crippen LogP contribution is -2.45. The Bertz CT molecular complexity index is 1300. The van der Waals surface area contributed by atoms with Gasteiger partial charge >= 0.3 is 0 Å². The highest BCUT2D eigenvalue weighted by Crippen LogP contribution is 2.31. The van der Waals surface area contributed by atoms with E-state index in [2.05, 4.69) is 44.2 Å². The average Bonchev–Trinajstić information content (AvgIpc) is 3.27. The number of anilines is 1. The molecule has 1 aliphatic heterocycles. The molecule has 1 fully saturated rings. The molecule has 1 aliphatic rings. The van der Waals surface area contributed by atoms with Crippen LogP contribution in [0.25, 0.3) is 16.6 Å². The zero-order valence-corrected chi connectivity index (χ0v) is 18.3. The highest BCUT2D eigenvalue weighted by molar-refractivity contribution is 5.85. The fraction of sp³-hybridized carbons (Fsp3) is 0.240. The first kappa shape index (κ1) is 20.8. The van der Waals surface area contributed by atoms with Gasteiger partial charge in [-0.15, -0.1) is 0 Å². The number of methoxy groups -OCH3 is 1. The van der Waals surface area contributed by atoms with Crippen LogP contribution >= 0.6 is 0 Å². The monoisotopic (exact) mass is 440 g/mol. The van der Waals surface area contributed by atoms with Gasteiger partial charge in [0.05, 0.1) is 30.6 Å². The lowest BCUT2D eigenvalue weighted by molar-refractivity contribution is 0.249. The van der Waals surface area contributed by atoms with Gasteiger partial charge < -0.3 is 14.7 Å². The summed E-state index contributed by atoms with van der Waals surface area (Å²) >= 11 is 0. The number of aromatic hydroxyl groups is 1. The molecule has 0 unspecified atom stereocenters. The van der Waals surface area contributed by atoms with Crippen molar-refractivity contribution in [3.05, 3.63) is 72.2 Å². The van der Waals surface area contributed by atoms with Crippen molar-refractivity contribution < 1.29 is 9.84 Å². The second-order valence-corrected chi connectivity index (χ2v) is 8.09. The van der Waals surface area contributed by atoms with Crippen LogP contribution in [0, 0.1) is 11.3 Å². The van der Waals surface area contributed by atoms with Crippen molar-refractivity contribution >= 4 is 11.2 Å². The van der Waals surface area contributed by atoms with Crippen LogP contribution in [0.1, 0.15) is 11.1 Å². The molecule has 1 saturated heterocycles. The van der Waals surface area contributed by atoms with Crippen molar-refractivity contribution in [1.29, 1.82) is 5.26 Å². The van der Waals surface area contributed by atoms with Crippen molar-refractivity contribution in [3.63, 3.8) is 0 Å². The number of ether oxygens (including phenoxy) is 1. The van der Waals surface area contributed by atoms with Gasteiger partial charge in [-0.05, 0) is 29.3 Å². The van der Waals surface area contributed by atoms with E-state index in [1.165, 1.54) is 18.0 Å². The minimum atomic E-state index is 0.109. The van der Waals surface area contributed by atoms with E-state index in [1.54, 1.807) is 17.7 Å². The Balaban J connectivity index is 1.28. The zero-order chi connectivity index (χ0) is 22.8. The Kier molecular flexibility index (Phi) is 5.55. The molecule has 0 amide bonds. The molecule has 5 rings (SSSR count). The first-order valence-electron chi connectivity index (χ1n) is 10.8. The summed E-state index contributed by atoms with van der Waals surface area (Å²) in [5.74, 6) is 0.743. The molecular weight excluding hydrogens is 416 g/mol. The SMILES string of the molecule is COc1ccc(CN2CCN(c3ccc(-c4cc(O)cn5ncc(C#N)c45)cc3)CC2)cn1. The van der Waals surface area contributed by atoms with Crippen LogP contribution in [0.15, 0.2) is 61.1 Å². The number of rotatable bonds is 5. The first-order chi connectivity index (χ1) is 16.1. The number of hydrogen-bond donors (Lipinski definition) is 1. The third kappa shape index (κ3) is 4.19. The number of hydrogen-bond acceptors (Lipinski definition) is 7. The largest absolute Gasteiger partial charge is 0.506 e. The minimum absolute atomic E-state index is 0.109. The third-order valence-corrected chi connectivity index (χ3v) is 6.05. The van der Waals surface area contributed by atoms with Gasteiger partial charge in [0, 0.05) is 56.2 Å². The Hall–Kier alpha value is -4.09. The second-order valence-electron chi connectivity index (χ2n) is 8.09. The molecule has 8 nitrogen and oxygen atoms in total. The molecule has 1 aromatic carbocycles. The molecular formula is C25H24N6O2. The fourth-order valence-corrected chi connectivity index (χ4v) is 4.31. The standard InChI is InChI=1S/C25H24N6O2/c1-33-24-7-2-18(14-27-24)16-29-8-10-30(11-9-29)21-5-3-19(4-6-21)23-12-22(32)17-31-25(23)20(13-26)15-28-31/h2-7,12,14-15,17,32H,8-11,16H2,1H3. The Morgan fingerprint density at radius 3 is 2.52 bits per heavy atom. The minimum Gasteiger partial charge on any atom is -0.506 e. The molecule has 166 valence electrons. The summed E-state index contributed by atoms with van der Waals surface area (Å²) in [5.41, 5.74) is 5.25. The van der Waals surface area contributed by atoms with Gasteiger partial charge in [0.25, 0.3) is 0 Å². The van der Waals surface area contributed by atoms with E-state index in [4.69, 9.17) is 4.74 Å². The van der Waals surface area contributed by atoms with Gasteiger partial charge in [-0.25, -0.2) is 9.50 Å². The maximum absolute atomic E-state index is 10.1. The molecule has 4 heterocycles. The maximum Gasteiger partial charge on any atom is 0.212 e. The van der Waals surface area contributed by atoms with Crippen molar-refractivity contribution in [1.82, 2.24) is 19.5 Å². The second kappa shape index (κ2) is 8.81. The summed E-state index contributed by atoms with van der Waals surface area (Å²) in [6.45, 7) is 4.72. The molecule has 0 aliphatic carbocycles. The first-order valence-corrected chi connectivity index (χ1v) is 10.8. The Morgan fingerprint density at radius 2 is 1.85 bits per heavy atom. The Labute approximate surface area is 191 Å². The molecule has 0 bridgehead atoms. The molecule has 0 atom stereocenters. The lowest BCUT2D eigenvalue weighted by Gasteiger charge is -2.36. The van der Waals surface area contributed by atoms with Crippen molar-refractivity contribution in [2.75, 3.05) is 38.2 Å². The molecule has 0 spiro atoms. The number of pyridine rings is 2. The smallest absolute Gasteiger partial charge is 0.212 e. The number of nitriles is 1. The predicted molar refractivity (Wildman–Crippen MR) is 125 cm³/mol. The van der Waals surface area contributed by atoms with Crippen LogP contribution < -0.4 is 9.64 Å². The van der Waals surface area contributed by atoms with Crippen molar-refractivity contribution in [2.24, 2.45) is 0 Å². The summed E-state index contributed by atoms with van der Waals surface area (Å²) in [6, 6.07) is 16.1. The highest BCUT2D eigenvalue weighted by atomic mass is 16.5. The maximum atomic E-state index is 10.1. The zero-order valence-electron chi connectivity index (χ0n) is 18.3. The summed E-state index contributed by atoms with van der Waals surface area (Å²) in [6.07, 6.45) is 4.91. The topological polar surface area (TPSA) is 89.9 Å². The fourth-order valence-electron chi connectivity index (χ4n) is 4.31. The van der Waals surface area contributed by atoms with Crippen LogP contribution in [-0.2, 0) is 6.54 Å². The number of nitrogens with zero attached hydrogens (tertiary/aromatic N) is 6. The molecule has 3 aromatic heterocycles.